The zero-order valence-corrected chi connectivity index (χ0v) is 19.0. The van der Waals surface area contributed by atoms with Crippen LogP contribution < -0.4 is 16.0 Å². The Morgan fingerprint density at radius 1 is 1.00 bits per heavy atom. The van der Waals surface area contributed by atoms with Gasteiger partial charge in [0.2, 0.25) is 11.9 Å². The molecule has 2 rings (SSSR count). The molecule has 2 aromatic carbocycles. The maximum Gasteiger partial charge on any atom is 0.436 e. The van der Waals surface area contributed by atoms with E-state index in [0.717, 1.165) is 14.2 Å². The largest absolute Gasteiger partial charge is 0.606 e. The molecule has 3 amide bonds. The lowest BCUT2D eigenvalue weighted by molar-refractivity contribution is -0.115. The number of anilines is 2. The number of hydrogen-bond acceptors (Lipinski definition) is 6. The summed E-state index contributed by atoms with van der Waals surface area (Å²) in [6, 6.07) is 11.1. The summed E-state index contributed by atoms with van der Waals surface area (Å²) in [5.74, 6) is -0.614. The van der Waals surface area contributed by atoms with Crippen LogP contribution in [0, 0.1) is 0 Å². The number of benzene rings is 2. The Bertz CT molecular complexity index is 1020. The molecule has 10 nitrogen and oxygen atoms in total. The summed E-state index contributed by atoms with van der Waals surface area (Å²) in [6.45, 7) is 1.68. The highest BCUT2D eigenvalue weighted by molar-refractivity contribution is 7.91. The standard InChI is InChI=1S/C20H21ClN4O6S/c1-4-17(26)22-15-10-9-14(32(29)13-7-5-12(21)6-8-13)11-16(15)23-18(24-19(27)30-2)25-20(28)31-3/h5-11H,4H2,1-3H3,(H,22,26)(H2,23,24,25,27,28). The minimum Gasteiger partial charge on any atom is -0.606 e. The summed E-state index contributed by atoms with van der Waals surface area (Å²) < 4.78 is 22.0. The van der Waals surface area contributed by atoms with Crippen LogP contribution in [0.25, 0.3) is 0 Å². The highest BCUT2D eigenvalue weighted by Gasteiger charge is 2.19. The van der Waals surface area contributed by atoms with Crippen LogP contribution in [0.4, 0.5) is 21.0 Å². The van der Waals surface area contributed by atoms with Crippen molar-refractivity contribution in [3.63, 3.8) is 0 Å². The Balaban J connectivity index is 2.46. The smallest absolute Gasteiger partial charge is 0.436 e. The van der Waals surface area contributed by atoms with E-state index in [1.807, 2.05) is 0 Å². The van der Waals surface area contributed by atoms with Crippen LogP contribution >= 0.6 is 11.6 Å². The summed E-state index contributed by atoms with van der Waals surface area (Å²) >= 11 is 4.31. The molecule has 12 heteroatoms. The van der Waals surface area contributed by atoms with Crippen LogP contribution in [0.5, 0.6) is 0 Å². The van der Waals surface area contributed by atoms with Crippen molar-refractivity contribution in [3.05, 3.63) is 47.5 Å². The summed E-state index contributed by atoms with van der Waals surface area (Å²) in [6.07, 6.45) is -1.69. The van der Waals surface area contributed by atoms with Gasteiger partial charge in [0, 0.05) is 28.7 Å². The minimum absolute atomic E-state index is 0.210. The topological polar surface area (TPSA) is 141 Å². The summed E-state index contributed by atoms with van der Waals surface area (Å²) in [4.78, 5) is 39.7. The van der Waals surface area contributed by atoms with Crippen molar-refractivity contribution in [3.8, 4) is 0 Å². The van der Waals surface area contributed by atoms with Gasteiger partial charge in [-0.2, -0.15) is 0 Å². The van der Waals surface area contributed by atoms with Gasteiger partial charge in [-0.25, -0.2) is 9.59 Å². The van der Waals surface area contributed by atoms with Crippen molar-refractivity contribution in [2.24, 2.45) is 4.99 Å². The third-order valence-corrected chi connectivity index (χ3v) is 5.50. The molecular formula is C20H21ClN4O6S. The van der Waals surface area contributed by atoms with E-state index in [-0.39, 0.29) is 24.0 Å². The minimum atomic E-state index is -1.58. The Kier molecular flexibility index (Phi) is 9.32. The Labute approximate surface area is 192 Å². The molecule has 170 valence electrons. The zero-order valence-electron chi connectivity index (χ0n) is 17.4. The second-order valence-electron chi connectivity index (χ2n) is 6.00. The fourth-order valence-corrected chi connectivity index (χ4v) is 3.48. The molecule has 0 aliphatic carbocycles. The lowest BCUT2D eigenvalue weighted by Crippen LogP contribution is -2.36. The van der Waals surface area contributed by atoms with Crippen molar-refractivity contribution >= 4 is 58.2 Å². The van der Waals surface area contributed by atoms with E-state index in [9.17, 15) is 18.9 Å². The lowest BCUT2D eigenvalue weighted by atomic mass is 10.2. The molecule has 2 aromatic rings. The van der Waals surface area contributed by atoms with Gasteiger partial charge >= 0.3 is 12.2 Å². The van der Waals surface area contributed by atoms with E-state index < -0.39 is 23.4 Å². The molecule has 1 atom stereocenters. The summed E-state index contributed by atoms with van der Waals surface area (Å²) in [5.41, 5.74) is 0.517. The van der Waals surface area contributed by atoms with Crippen molar-refractivity contribution in [2.45, 2.75) is 23.1 Å². The number of amides is 3. The highest BCUT2D eigenvalue weighted by Crippen LogP contribution is 2.29. The Morgan fingerprint density at radius 2 is 1.66 bits per heavy atom. The van der Waals surface area contributed by atoms with Gasteiger partial charge in [-0.15, -0.1) is 4.99 Å². The van der Waals surface area contributed by atoms with E-state index in [0.29, 0.717) is 20.5 Å². The fourth-order valence-electron chi connectivity index (χ4n) is 2.28. The first-order valence-corrected chi connectivity index (χ1v) is 10.7. The molecule has 3 N–H and O–H groups in total. The monoisotopic (exact) mass is 480 g/mol. The first-order chi connectivity index (χ1) is 15.3. The van der Waals surface area contributed by atoms with Gasteiger partial charge in [0.25, 0.3) is 0 Å². The summed E-state index contributed by atoms with van der Waals surface area (Å²) in [7, 11) is 2.25. The predicted octanol–water partition coefficient (Wildman–Crippen LogP) is 3.75. The van der Waals surface area contributed by atoms with E-state index in [4.69, 9.17) is 11.6 Å². The first-order valence-electron chi connectivity index (χ1n) is 9.17. The molecule has 0 aliphatic rings. The molecule has 0 saturated carbocycles. The van der Waals surface area contributed by atoms with Crippen LogP contribution in [0.2, 0.25) is 5.02 Å². The maximum atomic E-state index is 13.0. The molecule has 0 spiro atoms. The number of hydrogen-bond donors (Lipinski definition) is 3. The molecule has 0 saturated heterocycles. The van der Waals surface area contributed by atoms with Gasteiger partial charge in [-0.05, 0) is 36.4 Å². The number of carbonyl (C=O) groups is 3. The molecule has 0 aromatic heterocycles. The molecule has 0 fully saturated rings. The van der Waals surface area contributed by atoms with Crippen LogP contribution in [-0.4, -0.2) is 42.8 Å². The van der Waals surface area contributed by atoms with E-state index in [2.05, 4.69) is 30.4 Å². The van der Waals surface area contributed by atoms with Crippen molar-refractivity contribution in [1.29, 1.82) is 0 Å². The highest BCUT2D eigenvalue weighted by atomic mass is 35.5. The molecule has 1 unspecified atom stereocenters. The normalized spacial score (nSPS) is 11.8. The van der Waals surface area contributed by atoms with Gasteiger partial charge in [-0.1, -0.05) is 18.5 Å². The number of ether oxygens (including phenoxy) is 2. The van der Waals surface area contributed by atoms with E-state index >= 15 is 0 Å². The zero-order chi connectivity index (χ0) is 23.7. The molecule has 0 bridgehead atoms. The second-order valence-corrected chi connectivity index (χ2v) is 7.92. The van der Waals surface area contributed by atoms with Crippen molar-refractivity contribution < 1.29 is 28.4 Å². The number of methoxy groups -OCH3 is 2. The van der Waals surface area contributed by atoms with Crippen LogP contribution in [0.3, 0.4) is 0 Å². The molecule has 0 aliphatic heterocycles. The molecule has 0 heterocycles. The van der Waals surface area contributed by atoms with Crippen LogP contribution in [0.1, 0.15) is 13.3 Å². The SMILES string of the molecule is CCC(=O)Nc1ccc([S+]([O-])c2ccc(Cl)cc2)cc1NC(=NC(=O)OC)NC(=O)OC. The number of guanidine groups is 1. The first kappa shape index (κ1) is 25.0. The molecule has 0 radical (unpaired) electrons. The molecular weight excluding hydrogens is 460 g/mol. The average molecular weight is 481 g/mol. The number of nitrogens with zero attached hydrogens (tertiary/aromatic N) is 1. The third-order valence-electron chi connectivity index (χ3n) is 3.86. The Hall–Kier alpha value is -3.28. The average Bonchev–Trinajstić information content (AvgIpc) is 2.79. The van der Waals surface area contributed by atoms with Crippen molar-refractivity contribution in [2.75, 3.05) is 24.9 Å². The van der Waals surface area contributed by atoms with Gasteiger partial charge in [0.1, 0.15) is 0 Å². The van der Waals surface area contributed by atoms with Gasteiger partial charge in [0.15, 0.2) is 9.79 Å². The number of nitrogens with one attached hydrogen (secondary N) is 3. The van der Waals surface area contributed by atoms with E-state index in [1.54, 1.807) is 37.3 Å². The third kappa shape index (κ3) is 7.15. The quantitative estimate of drug-likeness (QED) is 0.336. The second kappa shape index (κ2) is 11.9. The molecule has 32 heavy (non-hydrogen) atoms. The number of aliphatic imine (C=N–C) groups is 1. The van der Waals surface area contributed by atoms with E-state index in [1.165, 1.54) is 12.1 Å². The van der Waals surface area contributed by atoms with Crippen molar-refractivity contribution in [1.82, 2.24) is 5.32 Å². The number of alkyl carbamates (subject to hydrolysis) is 1. The lowest BCUT2D eigenvalue weighted by Gasteiger charge is -2.17. The summed E-state index contributed by atoms with van der Waals surface area (Å²) in [5, 5.41) is 8.15. The fraction of sp³-hybridized carbons (Fsp3) is 0.200. The predicted molar refractivity (Wildman–Crippen MR) is 120 cm³/mol. The number of halogens is 1. The number of carbonyl (C=O) groups excluding carboxylic acids is 3. The van der Waals surface area contributed by atoms with Gasteiger partial charge in [-0.3, -0.25) is 10.1 Å². The maximum absolute atomic E-state index is 13.0. The Morgan fingerprint density at radius 3 is 2.25 bits per heavy atom. The number of rotatable bonds is 5. The van der Waals surface area contributed by atoms with Gasteiger partial charge < -0.3 is 24.7 Å². The van der Waals surface area contributed by atoms with Crippen LogP contribution in [0.15, 0.2) is 57.2 Å². The van der Waals surface area contributed by atoms with Gasteiger partial charge in [0.05, 0.1) is 25.6 Å². The van der Waals surface area contributed by atoms with Crippen LogP contribution in [-0.2, 0) is 25.4 Å².